The molecule has 176 valence electrons. The van der Waals surface area contributed by atoms with Gasteiger partial charge in [-0.05, 0) is 95.2 Å². The van der Waals surface area contributed by atoms with Gasteiger partial charge in [0.25, 0.3) is 5.91 Å². The molecule has 0 atom stereocenters. The molecule has 0 aliphatic carbocycles. The van der Waals surface area contributed by atoms with Gasteiger partial charge in [0.1, 0.15) is 5.75 Å². The van der Waals surface area contributed by atoms with Crippen molar-refractivity contribution in [2.24, 2.45) is 0 Å². The Morgan fingerprint density at radius 1 is 0.879 bits per heavy atom. The molecular weight excluding hydrogens is 418 g/mol. The molecule has 7 heteroatoms. The largest absolute Gasteiger partial charge is 0.507 e. The number of rotatable bonds is 8. The highest BCUT2D eigenvalue weighted by Crippen LogP contribution is 2.31. The molecule has 33 heavy (non-hydrogen) atoms. The highest BCUT2D eigenvalue weighted by Gasteiger charge is 2.20. The number of likely N-dealkylation sites (tertiary alicyclic amines) is 2. The number of hydrogen-bond donors (Lipinski definition) is 2. The van der Waals surface area contributed by atoms with Gasteiger partial charge in [0.2, 0.25) is 0 Å². The topological polar surface area (TPSA) is 82.1 Å². The van der Waals surface area contributed by atoms with Crippen molar-refractivity contribution in [1.29, 1.82) is 0 Å². The van der Waals surface area contributed by atoms with Gasteiger partial charge in [-0.2, -0.15) is 0 Å². The third-order valence-corrected chi connectivity index (χ3v) is 6.37. The first kappa shape index (κ1) is 23.3. The van der Waals surface area contributed by atoms with Crippen LogP contribution in [0, 0.1) is 0 Å². The van der Waals surface area contributed by atoms with Crippen LogP contribution in [0.15, 0.2) is 36.4 Å². The summed E-state index contributed by atoms with van der Waals surface area (Å²) in [4.78, 5) is 29.4. The van der Waals surface area contributed by atoms with E-state index < -0.39 is 5.97 Å². The van der Waals surface area contributed by atoms with Gasteiger partial charge in [-0.3, -0.25) is 14.6 Å². The first-order valence-electron chi connectivity index (χ1n) is 11.9. The fraction of sp³-hybridized carbons (Fsp3) is 0.462. The van der Waals surface area contributed by atoms with Crippen molar-refractivity contribution in [3.05, 3.63) is 58.7 Å². The molecule has 0 bridgehead atoms. The second-order valence-electron chi connectivity index (χ2n) is 8.86. The molecule has 0 unspecified atom stereocenters. The molecule has 2 aliphatic heterocycles. The van der Waals surface area contributed by atoms with Crippen molar-refractivity contribution in [3.8, 4) is 5.75 Å². The second-order valence-corrected chi connectivity index (χ2v) is 8.86. The lowest BCUT2D eigenvalue weighted by molar-refractivity contribution is 0.0526. The Morgan fingerprint density at radius 3 is 1.85 bits per heavy atom. The van der Waals surface area contributed by atoms with Crippen molar-refractivity contribution in [2.45, 2.75) is 45.7 Å². The van der Waals surface area contributed by atoms with Gasteiger partial charge in [0, 0.05) is 35.5 Å². The zero-order valence-corrected chi connectivity index (χ0v) is 19.3. The van der Waals surface area contributed by atoms with E-state index in [0.29, 0.717) is 42.3 Å². The smallest absolute Gasteiger partial charge is 0.338 e. The Bertz CT molecular complexity index is 939. The first-order valence-corrected chi connectivity index (χ1v) is 11.9. The fourth-order valence-corrected chi connectivity index (χ4v) is 4.61. The fourth-order valence-electron chi connectivity index (χ4n) is 4.61. The standard InChI is InChI=1S/C26H33N3O4/c1-2-33-26(32)20-9-7-19(8-10-20)25(31)27-23-15-21(17-28-11-3-4-12-28)24(30)22(16-23)18-29-13-5-6-14-29/h7-10,15-16,30H,2-6,11-14,17-18H2,1H3,(H,27,31). The number of aromatic hydroxyl groups is 1. The molecule has 1 amide bonds. The Labute approximate surface area is 195 Å². The third-order valence-electron chi connectivity index (χ3n) is 6.37. The minimum atomic E-state index is -0.402. The summed E-state index contributed by atoms with van der Waals surface area (Å²) in [6.07, 6.45) is 4.72. The Morgan fingerprint density at radius 2 is 1.36 bits per heavy atom. The molecule has 0 radical (unpaired) electrons. The quantitative estimate of drug-likeness (QED) is 0.466. The lowest BCUT2D eigenvalue weighted by atomic mass is 10.1. The van der Waals surface area contributed by atoms with E-state index in [1.54, 1.807) is 31.2 Å². The molecule has 2 aromatic rings. The number of amides is 1. The maximum atomic E-state index is 12.9. The maximum absolute atomic E-state index is 12.9. The first-order chi connectivity index (χ1) is 16.0. The van der Waals surface area contributed by atoms with Gasteiger partial charge < -0.3 is 15.2 Å². The summed E-state index contributed by atoms with van der Waals surface area (Å²) in [5, 5.41) is 14.0. The molecule has 4 rings (SSSR count). The van der Waals surface area contributed by atoms with Gasteiger partial charge in [-0.25, -0.2) is 4.79 Å². The number of ether oxygens (including phenoxy) is 1. The van der Waals surface area contributed by atoms with E-state index in [0.717, 1.165) is 37.3 Å². The number of hydrogen-bond acceptors (Lipinski definition) is 6. The summed E-state index contributed by atoms with van der Waals surface area (Å²) in [6.45, 7) is 7.55. The molecular formula is C26H33N3O4. The lowest BCUT2D eigenvalue weighted by Crippen LogP contribution is -2.21. The maximum Gasteiger partial charge on any atom is 0.338 e. The zero-order valence-electron chi connectivity index (χ0n) is 19.3. The SMILES string of the molecule is CCOC(=O)c1ccc(C(=O)Nc2cc(CN3CCCC3)c(O)c(CN3CCCC3)c2)cc1. The van der Waals surface area contributed by atoms with Crippen LogP contribution >= 0.6 is 0 Å². The monoisotopic (exact) mass is 451 g/mol. The highest BCUT2D eigenvalue weighted by atomic mass is 16.5. The summed E-state index contributed by atoms with van der Waals surface area (Å²) < 4.78 is 5.00. The van der Waals surface area contributed by atoms with E-state index >= 15 is 0 Å². The van der Waals surface area contributed by atoms with E-state index in [4.69, 9.17) is 4.74 Å². The van der Waals surface area contributed by atoms with Crippen LogP contribution in [0.2, 0.25) is 0 Å². The number of phenolic OH excluding ortho intramolecular Hbond substituents is 1. The van der Waals surface area contributed by atoms with Crippen LogP contribution in [-0.2, 0) is 17.8 Å². The van der Waals surface area contributed by atoms with Crippen LogP contribution < -0.4 is 5.32 Å². The Kier molecular flexibility index (Phi) is 7.62. The van der Waals surface area contributed by atoms with Gasteiger partial charge >= 0.3 is 5.97 Å². The molecule has 2 N–H and O–H groups in total. The number of carbonyl (C=O) groups excluding carboxylic acids is 2. The summed E-state index contributed by atoms with van der Waals surface area (Å²) in [6, 6.07) is 10.2. The number of carbonyl (C=O) groups is 2. The second kappa shape index (κ2) is 10.8. The van der Waals surface area contributed by atoms with Crippen LogP contribution in [-0.4, -0.2) is 59.6 Å². The van der Waals surface area contributed by atoms with E-state index in [1.807, 2.05) is 12.1 Å². The third kappa shape index (κ3) is 5.92. The van der Waals surface area contributed by atoms with Crippen LogP contribution in [0.4, 0.5) is 5.69 Å². The predicted octanol–water partition coefficient (Wildman–Crippen LogP) is 4.01. The molecule has 0 aromatic heterocycles. The van der Waals surface area contributed by atoms with Gasteiger partial charge in [0.05, 0.1) is 12.2 Å². The Balaban J connectivity index is 1.53. The lowest BCUT2D eigenvalue weighted by Gasteiger charge is -2.21. The number of benzene rings is 2. The van der Waals surface area contributed by atoms with Crippen molar-refractivity contribution in [2.75, 3.05) is 38.1 Å². The molecule has 2 saturated heterocycles. The summed E-state index contributed by atoms with van der Waals surface area (Å²) in [5.41, 5.74) is 3.25. The molecule has 2 aliphatic rings. The molecule has 2 heterocycles. The summed E-state index contributed by atoms with van der Waals surface area (Å²) in [7, 11) is 0. The summed E-state index contributed by atoms with van der Waals surface area (Å²) in [5.74, 6) is -0.318. The Hall–Kier alpha value is -2.90. The molecule has 0 spiro atoms. The van der Waals surface area contributed by atoms with Crippen molar-refractivity contribution in [3.63, 3.8) is 0 Å². The predicted molar refractivity (Wildman–Crippen MR) is 127 cm³/mol. The van der Waals surface area contributed by atoms with Crippen LogP contribution in [0.1, 0.15) is 64.4 Å². The average molecular weight is 452 g/mol. The number of phenols is 1. The van der Waals surface area contributed by atoms with E-state index in [9.17, 15) is 14.7 Å². The number of nitrogens with one attached hydrogen (secondary N) is 1. The van der Waals surface area contributed by atoms with E-state index in [-0.39, 0.29) is 5.91 Å². The number of esters is 1. The summed E-state index contributed by atoms with van der Waals surface area (Å²) >= 11 is 0. The molecule has 2 fully saturated rings. The number of nitrogens with zero attached hydrogens (tertiary/aromatic N) is 2. The van der Waals surface area contributed by atoms with Crippen LogP contribution in [0.5, 0.6) is 5.75 Å². The average Bonchev–Trinajstić information content (AvgIpc) is 3.51. The molecule has 7 nitrogen and oxygen atoms in total. The minimum Gasteiger partial charge on any atom is -0.507 e. The van der Waals surface area contributed by atoms with Gasteiger partial charge in [0.15, 0.2) is 0 Å². The van der Waals surface area contributed by atoms with Crippen LogP contribution in [0.25, 0.3) is 0 Å². The highest BCUT2D eigenvalue weighted by molar-refractivity contribution is 6.05. The minimum absolute atomic E-state index is 0.254. The normalized spacial score (nSPS) is 16.8. The van der Waals surface area contributed by atoms with Gasteiger partial charge in [-0.1, -0.05) is 0 Å². The van der Waals surface area contributed by atoms with Gasteiger partial charge in [-0.15, -0.1) is 0 Å². The van der Waals surface area contributed by atoms with Crippen molar-refractivity contribution >= 4 is 17.6 Å². The molecule has 2 aromatic carbocycles. The van der Waals surface area contributed by atoms with Crippen LogP contribution in [0.3, 0.4) is 0 Å². The van der Waals surface area contributed by atoms with Crippen molar-refractivity contribution < 1.29 is 19.4 Å². The van der Waals surface area contributed by atoms with E-state index in [1.165, 1.54) is 25.7 Å². The molecule has 0 saturated carbocycles. The number of anilines is 1. The van der Waals surface area contributed by atoms with Crippen molar-refractivity contribution in [1.82, 2.24) is 9.80 Å². The zero-order chi connectivity index (χ0) is 23.2. The van der Waals surface area contributed by atoms with E-state index in [2.05, 4.69) is 15.1 Å².